The average molecular weight is 389 g/mol. The molecule has 0 saturated carbocycles. The van der Waals surface area contributed by atoms with E-state index in [2.05, 4.69) is 54.0 Å². The molecule has 3 aromatic rings. The Balaban J connectivity index is 1.38. The molecule has 0 saturated heterocycles. The first-order chi connectivity index (χ1) is 14.2. The van der Waals surface area contributed by atoms with Crippen molar-refractivity contribution in [1.82, 2.24) is 5.32 Å². The van der Waals surface area contributed by atoms with Crippen LogP contribution in [0, 0.1) is 6.92 Å². The number of carbonyl (C=O) groups is 1. The molecule has 3 N–H and O–H groups in total. The zero-order chi connectivity index (χ0) is 20.1. The van der Waals surface area contributed by atoms with E-state index in [1.807, 2.05) is 36.4 Å². The van der Waals surface area contributed by atoms with E-state index in [-0.39, 0.29) is 18.7 Å². The van der Waals surface area contributed by atoms with E-state index in [4.69, 9.17) is 9.47 Å². The first-order valence-electron chi connectivity index (χ1n) is 9.79. The fourth-order valence-electron chi connectivity index (χ4n) is 3.45. The molecule has 1 heterocycles. The molecule has 148 valence electrons. The van der Waals surface area contributed by atoms with Crippen LogP contribution in [-0.2, 0) is 11.3 Å². The van der Waals surface area contributed by atoms with Crippen LogP contribution in [0.5, 0.6) is 11.5 Å². The molecule has 0 aliphatic carbocycles. The van der Waals surface area contributed by atoms with E-state index in [1.54, 1.807) is 0 Å². The van der Waals surface area contributed by atoms with E-state index in [0.29, 0.717) is 13.1 Å². The molecule has 4 rings (SSSR count). The monoisotopic (exact) mass is 389 g/mol. The minimum atomic E-state index is -0.00397. The van der Waals surface area contributed by atoms with Crippen LogP contribution >= 0.6 is 0 Å². The summed E-state index contributed by atoms with van der Waals surface area (Å²) in [5.41, 5.74) is 4.58. The molecule has 0 fully saturated rings. The number of benzene rings is 3. The second-order valence-corrected chi connectivity index (χ2v) is 7.20. The molecule has 3 aromatic carbocycles. The Hall–Kier alpha value is -3.31. The number of carbonyl (C=O) groups excluding carboxylic acids is 1. The predicted octanol–water partition coefficient (Wildman–Crippen LogP) is 2.69. The SMILES string of the molecule is Cc1ccc([C@H]([NH2+]CC(=O)NCc2ccc3c(c2)OCO3)c2ccccc2)cc1. The van der Waals surface area contributed by atoms with Crippen molar-refractivity contribution in [3.63, 3.8) is 0 Å². The number of quaternary nitrogens is 1. The third-order valence-electron chi connectivity index (χ3n) is 5.06. The van der Waals surface area contributed by atoms with E-state index >= 15 is 0 Å². The lowest BCUT2D eigenvalue weighted by atomic mass is 9.98. The number of hydrogen-bond acceptors (Lipinski definition) is 3. The molecular formula is C24H25N2O3+. The Morgan fingerprint density at radius 2 is 1.69 bits per heavy atom. The van der Waals surface area contributed by atoms with Gasteiger partial charge >= 0.3 is 0 Å². The minimum Gasteiger partial charge on any atom is -0.454 e. The van der Waals surface area contributed by atoms with Crippen molar-refractivity contribution in [2.75, 3.05) is 13.3 Å². The zero-order valence-electron chi connectivity index (χ0n) is 16.4. The van der Waals surface area contributed by atoms with Crippen molar-refractivity contribution in [2.24, 2.45) is 0 Å². The highest BCUT2D eigenvalue weighted by Gasteiger charge is 2.19. The maximum absolute atomic E-state index is 12.5. The van der Waals surface area contributed by atoms with Gasteiger partial charge in [0.1, 0.15) is 6.04 Å². The van der Waals surface area contributed by atoms with E-state index in [0.717, 1.165) is 17.1 Å². The molecule has 5 nitrogen and oxygen atoms in total. The molecule has 0 unspecified atom stereocenters. The van der Waals surface area contributed by atoms with Gasteiger partial charge in [-0.2, -0.15) is 0 Å². The summed E-state index contributed by atoms with van der Waals surface area (Å²) in [7, 11) is 0. The average Bonchev–Trinajstić information content (AvgIpc) is 3.22. The number of aryl methyl sites for hydroxylation is 1. The topological polar surface area (TPSA) is 64.2 Å². The maximum atomic E-state index is 12.5. The molecule has 0 spiro atoms. The quantitative estimate of drug-likeness (QED) is 0.653. The number of nitrogens with two attached hydrogens (primary N) is 1. The molecule has 1 aliphatic heterocycles. The Morgan fingerprint density at radius 1 is 0.966 bits per heavy atom. The lowest BCUT2D eigenvalue weighted by Gasteiger charge is -2.17. The maximum Gasteiger partial charge on any atom is 0.275 e. The van der Waals surface area contributed by atoms with Gasteiger partial charge in [-0.15, -0.1) is 0 Å². The summed E-state index contributed by atoms with van der Waals surface area (Å²) in [5.74, 6) is 1.47. The summed E-state index contributed by atoms with van der Waals surface area (Å²) in [6.07, 6.45) is 0. The molecule has 1 amide bonds. The third-order valence-corrected chi connectivity index (χ3v) is 5.06. The van der Waals surface area contributed by atoms with Crippen LogP contribution in [-0.4, -0.2) is 19.2 Å². The lowest BCUT2D eigenvalue weighted by Crippen LogP contribution is -2.87. The number of nitrogens with one attached hydrogen (secondary N) is 1. The molecule has 0 bridgehead atoms. The van der Waals surface area contributed by atoms with Crippen LogP contribution in [0.3, 0.4) is 0 Å². The van der Waals surface area contributed by atoms with Gasteiger partial charge in [0.2, 0.25) is 6.79 Å². The fraction of sp³-hybridized carbons (Fsp3) is 0.208. The van der Waals surface area contributed by atoms with Crippen LogP contribution in [0.2, 0.25) is 0 Å². The van der Waals surface area contributed by atoms with Crippen molar-refractivity contribution in [3.8, 4) is 11.5 Å². The van der Waals surface area contributed by atoms with Gasteiger partial charge in [-0.1, -0.05) is 66.2 Å². The smallest absolute Gasteiger partial charge is 0.275 e. The Labute approximate surface area is 170 Å². The first kappa shape index (κ1) is 19.0. The second-order valence-electron chi connectivity index (χ2n) is 7.20. The number of ether oxygens (including phenoxy) is 2. The zero-order valence-corrected chi connectivity index (χ0v) is 16.4. The van der Waals surface area contributed by atoms with Crippen molar-refractivity contribution in [1.29, 1.82) is 0 Å². The van der Waals surface area contributed by atoms with Gasteiger partial charge in [0.25, 0.3) is 5.91 Å². The summed E-state index contributed by atoms with van der Waals surface area (Å²) in [4.78, 5) is 12.5. The molecule has 0 aromatic heterocycles. The van der Waals surface area contributed by atoms with Gasteiger partial charge in [-0.3, -0.25) is 4.79 Å². The van der Waals surface area contributed by atoms with Gasteiger partial charge in [0.15, 0.2) is 18.0 Å². The summed E-state index contributed by atoms with van der Waals surface area (Å²) in [5, 5.41) is 5.07. The Bertz CT molecular complexity index is 971. The van der Waals surface area contributed by atoms with Crippen LogP contribution in [0.25, 0.3) is 0 Å². The van der Waals surface area contributed by atoms with Crippen molar-refractivity contribution < 1.29 is 19.6 Å². The Morgan fingerprint density at radius 3 is 2.48 bits per heavy atom. The summed E-state index contributed by atoms with van der Waals surface area (Å²) in [6, 6.07) is 24.6. The van der Waals surface area contributed by atoms with Gasteiger partial charge in [-0.25, -0.2) is 0 Å². The molecule has 29 heavy (non-hydrogen) atoms. The lowest BCUT2D eigenvalue weighted by molar-refractivity contribution is -0.676. The number of amides is 1. The van der Waals surface area contributed by atoms with Crippen LogP contribution in [0.4, 0.5) is 0 Å². The minimum absolute atomic E-state index is 0.00397. The standard InChI is InChI=1S/C24H24N2O3/c1-17-7-10-20(11-8-17)24(19-5-3-2-4-6-19)26-15-23(27)25-14-18-9-12-21-22(13-18)29-16-28-21/h2-13,24,26H,14-16H2,1H3,(H,25,27)/p+1/t24-/m1/s1. The fourth-order valence-corrected chi connectivity index (χ4v) is 3.45. The van der Waals surface area contributed by atoms with E-state index in [9.17, 15) is 4.79 Å². The summed E-state index contributed by atoms with van der Waals surface area (Å²) in [6.45, 7) is 3.14. The normalized spacial score (nSPS) is 13.1. The number of rotatable bonds is 7. The highest BCUT2D eigenvalue weighted by molar-refractivity contribution is 5.76. The first-order valence-corrected chi connectivity index (χ1v) is 9.79. The Kier molecular flexibility index (Phi) is 5.77. The molecule has 5 heteroatoms. The second kappa shape index (κ2) is 8.80. The molecular weight excluding hydrogens is 364 g/mol. The largest absolute Gasteiger partial charge is 0.454 e. The van der Waals surface area contributed by atoms with Gasteiger partial charge in [-0.05, 0) is 24.6 Å². The van der Waals surface area contributed by atoms with Crippen LogP contribution < -0.4 is 20.1 Å². The highest BCUT2D eigenvalue weighted by Crippen LogP contribution is 2.32. The summed E-state index contributed by atoms with van der Waals surface area (Å²) < 4.78 is 10.7. The van der Waals surface area contributed by atoms with Gasteiger partial charge < -0.3 is 20.1 Å². The van der Waals surface area contributed by atoms with Crippen molar-refractivity contribution in [3.05, 3.63) is 95.1 Å². The summed E-state index contributed by atoms with van der Waals surface area (Å²) >= 11 is 0. The third kappa shape index (κ3) is 4.76. The number of fused-ring (bicyclic) bond motifs is 1. The highest BCUT2D eigenvalue weighted by atomic mass is 16.7. The number of hydrogen-bond donors (Lipinski definition) is 2. The van der Waals surface area contributed by atoms with Crippen LogP contribution in [0.15, 0.2) is 72.8 Å². The van der Waals surface area contributed by atoms with Gasteiger partial charge in [0, 0.05) is 17.7 Å². The molecule has 1 atom stereocenters. The van der Waals surface area contributed by atoms with Crippen molar-refractivity contribution >= 4 is 5.91 Å². The van der Waals surface area contributed by atoms with E-state index in [1.165, 1.54) is 16.7 Å². The predicted molar refractivity (Wildman–Crippen MR) is 111 cm³/mol. The molecule has 1 aliphatic rings. The van der Waals surface area contributed by atoms with E-state index < -0.39 is 0 Å². The van der Waals surface area contributed by atoms with Gasteiger partial charge in [0.05, 0.1) is 0 Å². The van der Waals surface area contributed by atoms with Crippen molar-refractivity contribution in [2.45, 2.75) is 19.5 Å². The molecule has 0 radical (unpaired) electrons. The van der Waals surface area contributed by atoms with Crippen LogP contribution in [0.1, 0.15) is 28.3 Å².